The third-order valence-electron chi connectivity index (χ3n) is 5.43. The van der Waals surface area contributed by atoms with Crippen molar-refractivity contribution < 1.29 is 18.8 Å². The van der Waals surface area contributed by atoms with E-state index in [1.54, 1.807) is 29.2 Å². The normalized spacial score (nSPS) is 15.5. The number of aryl methyl sites for hydroxylation is 1. The number of carbonyl (C=O) groups is 3. The predicted octanol–water partition coefficient (Wildman–Crippen LogP) is 2.77. The fraction of sp³-hybridized carbons (Fsp3) is 0.435. The van der Waals surface area contributed by atoms with Crippen LogP contribution < -0.4 is 10.6 Å². The minimum absolute atomic E-state index is 0.0451. The summed E-state index contributed by atoms with van der Waals surface area (Å²) in [6, 6.07) is 10.0. The Bertz CT molecular complexity index is 870. The van der Waals surface area contributed by atoms with E-state index in [4.69, 9.17) is 4.42 Å². The highest BCUT2D eigenvalue weighted by molar-refractivity contribution is 5.97. The van der Waals surface area contributed by atoms with Crippen LogP contribution in [-0.4, -0.2) is 48.3 Å². The van der Waals surface area contributed by atoms with Gasteiger partial charge in [-0.25, -0.2) is 0 Å². The Morgan fingerprint density at radius 2 is 1.93 bits per heavy atom. The lowest BCUT2D eigenvalue weighted by molar-refractivity contribution is -0.124. The molecule has 0 aliphatic carbocycles. The maximum absolute atomic E-state index is 12.8. The van der Waals surface area contributed by atoms with E-state index in [2.05, 4.69) is 10.6 Å². The Morgan fingerprint density at radius 1 is 1.17 bits per heavy atom. The summed E-state index contributed by atoms with van der Waals surface area (Å²) in [6.45, 7) is 5.50. The third kappa shape index (κ3) is 5.28. The Kier molecular flexibility index (Phi) is 7.27. The highest BCUT2D eigenvalue weighted by Gasteiger charge is 2.34. The summed E-state index contributed by atoms with van der Waals surface area (Å²) in [5.74, 6) is -0.304. The van der Waals surface area contributed by atoms with E-state index in [0.717, 1.165) is 12.0 Å². The number of furan rings is 1. The number of rotatable bonds is 7. The molecule has 0 saturated carbocycles. The average molecular weight is 412 g/mol. The molecule has 1 saturated heterocycles. The topological polar surface area (TPSA) is 91.7 Å². The maximum Gasteiger partial charge on any atom is 0.289 e. The number of hydrogen-bond acceptors (Lipinski definition) is 4. The lowest BCUT2D eigenvalue weighted by atomic mass is 9.88. The molecule has 1 aromatic carbocycles. The van der Waals surface area contributed by atoms with Gasteiger partial charge in [0.2, 0.25) is 5.91 Å². The van der Waals surface area contributed by atoms with E-state index in [9.17, 15) is 14.4 Å². The summed E-state index contributed by atoms with van der Waals surface area (Å²) < 4.78 is 5.20. The largest absolute Gasteiger partial charge is 0.459 e. The minimum atomic E-state index is -0.634. The van der Waals surface area contributed by atoms with Gasteiger partial charge < -0.3 is 20.0 Å². The Labute approximate surface area is 176 Å². The average Bonchev–Trinajstić information content (AvgIpc) is 3.30. The molecule has 1 aliphatic heterocycles. The molecule has 1 aliphatic rings. The second kappa shape index (κ2) is 10.1. The first-order valence-corrected chi connectivity index (χ1v) is 10.5. The van der Waals surface area contributed by atoms with Crippen molar-refractivity contribution >= 4 is 17.7 Å². The second-order valence-electron chi connectivity index (χ2n) is 7.72. The summed E-state index contributed by atoms with van der Waals surface area (Å²) in [6.07, 6.45) is 3.56. The van der Waals surface area contributed by atoms with Crippen LogP contribution in [0.5, 0.6) is 0 Å². The number of hydrogen-bond donors (Lipinski definition) is 2. The van der Waals surface area contributed by atoms with Gasteiger partial charge in [-0.05, 0) is 56.4 Å². The summed E-state index contributed by atoms with van der Waals surface area (Å²) in [7, 11) is 0. The van der Waals surface area contributed by atoms with Crippen molar-refractivity contribution in [3.8, 4) is 0 Å². The first kappa shape index (κ1) is 21.6. The molecule has 3 rings (SSSR count). The fourth-order valence-electron chi connectivity index (χ4n) is 3.76. The van der Waals surface area contributed by atoms with Gasteiger partial charge in [-0.3, -0.25) is 14.4 Å². The van der Waals surface area contributed by atoms with Gasteiger partial charge in [-0.15, -0.1) is 0 Å². The van der Waals surface area contributed by atoms with Crippen molar-refractivity contribution in [2.75, 3.05) is 19.6 Å². The SMILES string of the molecule is CCCNC(=O)[C@@H](NC(=O)c1cccc(C)c1)C1CCN(C(=O)c2ccco2)CC1. The highest BCUT2D eigenvalue weighted by Crippen LogP contribution is 2.23. The van der Waals surface area contributed by atoms with Crippen LogP contribution in [0.3, 0.4) is 0 Å². The van der Waals surface area contributed by atoms with E-state index < -0.39 is 6.04 Å². The minimum Gasteiger partial charge on any atom is -0.459 e. The molecule has 0 spiro atoms. The zero-order valence-corrected chi connectivity index (χ0v) is 17.5. The molecular formula is C23H29N3O4. The monoisotopic (exact) mass is 411 g/mol. The van der Waals surface area contributed by atoms with Crippen LogP contribution in [0.2, 0.25) is 0 Å². The summed E-state index contributed by atoms with van der Waals surface area (Å²) in [5.41, 5.74) is 1.52. The summed E-state index contributed by atoms with van der Waals surface area (Å²) in [4.78, 5) is 39.8. The van der Waals surface area contributed by atoms with Crippen LogP contribution in [0.15, 0.2) is 47.1 Å². The number of benzene rings is 1. The molecule has 2 heterocycles. The van der Waals surface area contributed by atoms with E-state index in [0.29, 0.717) is 43.8 Å². The molecule has 1 atom stereocenters. The van der Waals surface area contributed by atoms with Crippen LogP contribution in [0.4, 0.5) is 0 Å². The van der Waals surface area contributed by atoms with Gasteiger partial charge in [-0.2, -0.15) is 0 Å². The predicted molar refractivity (Wildman–Crippen MR) is 113 cm³/mol. The number of nitrogens with zero attached hydrogens (tertiary/aromatic N) is 1. The van der Waals surface area contributed by atoms with Crippen molar-refractivity contribution in [3.05, 3.63) is 59.5 Å². The number of nitrogens with one attached hydrogen (secondary N) is 2. The molecule has 2 N–H and O–H groups in total. The van der Waals surface area contributed by atoms with Gasteiger partial charge >= 0.3 is 0 Å². The Balaban J connectivity index is 1.67. The molecule has 0 radical (unpaired) electrons. The quantitative estimate of drug-likeness (QED) is 0.733. The van der Waals surface area contributed by atoms with Crippen molar-refractivity contribution in [1.82, 2.24) is 15.5 Å². The van der Waals surface area contributed by atoms with Gasteiger partial charge in [-0.1, -0.05) is 24.6 Å². The lowest BCUT2D eigenvalue weighted by Gasteiger charge is -2.35. The van der Waals surface area contributed by atoms with Crippen LogP contribution in [0.25, 0.3) is 0 Å². The molecule has 2 aromatic rings. The molecule has 30 heavy (non-hydrogen) atoms. The third-order valence-corrected chi connectivity index (χ3v) is 5.43. The van der Waals surface area contributed by atoms with Gasteiger partial charge in [0, 0.05) is 25.2 Å². The van der Waals surface area contributed by atoms with Gasteiger partial charge in [0.25, 0.3) is 11.8 Å². The van der Waals surface area contributed by atoms with E-state index >= 15 is 0 Å². The standard InChI is InChI=1S/C23H29N3O4/c1-3-11-24-22(28)20(25-21(27)18-7-4-6-16(2)15-18)17-9-12-26(13-10-17)23(29)19-8-5-14-30-19/h4-8,14-15,17,20H,3,9-13H2,1-2H3,(H,24,28)(H,25,27)/t20-/m0/s1. The molecule has 3 amide bonds. The first-order valence-electron chi connectivity index (χ1n) is 10.5. The van der Waals surface area contributed by atoms with Crippen LogP contribution in [0, 0.1) is 12.8 Å². The van der Waals surface area contributed by atoms with Gasteiger partial charge in [0.15, 0.2) is 5.76 Å². The number of carbonyl (C=O) groups excluding carboxylic acids is 3. The lowest BCUT2D eigenvalue weighted by Crippen LogP contribution is -2.54. The van der Waals surface area contributed by atoms with Gasteiger partial charge in [0.1, 0.15) is 6.04 Å². The number of likely N-dealkylation sites (tertiary alicyclic amines) is 1. The molecular weight excluding hydrogens is 382 g/mol. The van der Waals surface area contributed by atoms with E-state index in [-0.39, 0.29) is 23.6 Å². The summed E-state index contributed by atoms with van der Waals surface area (Å²) in [5, 5.41) is 5.84. The summed E-state index contributed by atoms with van der Waals surface area (Å²) >= 11 is 0. The maximum atomic E-state index is 12.8. The van der Waals surface area contributed by atoms with Gasteiger partial charge in [0.05, 0.1) is 6.26 Å². The van der Waals surface area contributed by atoms with E-state index in [1.165, 1.54) is 6.26 Å². The van der Waals surface area contributed by atoms with Crippen LogP contribution in [0.1, 0.15) is 52.7 Å². The molecule has 1 aromatic heterocycles. The molecule has 7 nitrogen and oxygen atoms in total. The highest BCUT2D eigenvalue weighted by atomic mass is 16.3. The van der Waals surface area contributed by atoms with Crippen molar-refractivity contribution in [2.45, 2.75) is 39.2 Å². The Morgan fingerprint density at radius 3 is 2.57 bits per heavy atom. The molecule has 0 unspecified atom stereocenters. The van der Waals surface area contributed by atoms with Crippen molar-refractivity contribution in [1.29, 1.82) is 0 Å². The molecule has 7 heteroatoms. The van der Waals surface area contributed by atoms with Crippen molar-refractivity contribution in [3.63, 3.8) is 0 Å². The first-order chi connectivity index (χ1) is 14.5. The van der Waals surface area contributed by atoms with Crippen molar-refractivity contribution in [2.24, 2.45) is 5.92 Å². The number of amides is 3. The second-order valence-corrected chi connectivity index (χ2v) is 7.72. The molecule has 0 bridgehead atoms. The van der Waals surface area contributed by atoms with Crippen LogP contribution in [-0.2, 0) is 4.79 Å². The van der Waals surface area contributed by atoms with E-state index in [1.807, 2.05) is 26.0 Å². The smallest absolute Gasteiger partial charge is 0.289 e. The zero-order chi connectivity index (χ0) is 21.5. The zero-order valence-electron chi connectivity index (χ0n) is 17.5. The Hall–Kier alpha value is -3.09. The van der Waals surface area contributed by atoms with Crippen LogP contribution >= 0.6 is 0 Å². The molecule has 160 valence electrons. The fourth-order valence-corrected chi connectivity index (χ4v) is 3.76. The number of piperidine rings is 1. The molecule has 1 fully saturated rings.